The maximum Gasteiger partial charge on any atom is 0.406 e. The fourth-order valence-corrected chi connectivity index (χ4v) is 11.9. The first kappa shape index (κ1) is 55.5. The van der Waals surface area contributed by atoms with E-state index in [4.69, 9.17) is 18.9 Å². The number of likely N-dealkylation sites (tertiary alicyclic amines) is 1. The van der Waals surface area contributed by atoms with Crippen LogP contribution in [0.1, 0.15) is 97.9 Å². The lowest BCUT2D eigenvalue weighted by atomic mass is 9.84. The summed E-state index contributed by atoms with van der Waals surface area (Å²) in [4.78, 5) is 82.0. The van der Waals surface area contributed by atoms with Gasteiger partial charge >= 0.3 is 18.2 Å². The zero-order valence-corrected chi connectivity index (χ0v) is 44.7. The Morgan fingerprint density at radius 2 is 1.81 bits per heavy atom. The molecule has 18 nitrogen and oxygen atoms in total. The molecule has 7 heterocycles. The van der Waals surface area contributed by atoms with E-state index in [1.165, 1.54) is 27.7 Å². The van der Waals surface area contributed by atoms with Crippen LogP contribution in [0.4, 0.5) is 23.7 Å². The predicted octanol–water partition coefficient (Wildman–Crippen LogP) is 6.36. The number of fused-ring (bicyclic) bond motifs is 6. The summed E-state index contributed by atoms with van der Waals surface area (Å²) in [7, 11) is 3.10. The Kier molecular flexibility index (Phi) is 16.3. The summed E-state index contributed by atoms with van der Waals surface area (Å²) in [5, 5.41) is 4.96. The van der Waals surface area contributed by atoms with Crippen LogP contribution in [-0.4, -0.2) is 167 Å². The molecular formula is C54H74F3N9O9. The molecule has 0 radical (unpaired) electrons. The molecule has 410 valence electrons. The minimum absolute atomic E-state index is 0.0162. The summed E-state index contributed by atoms with van der Waals surface area (Å²) in [6.45, 7) is 17.1. The van der Waals surface area contributed by atoms with Crippen molar-refractivity contribution < 1.29 is 56.1 Å². The third-order valence-corrected chi connectivity index (χ3v) is 15.8. The highest BCUT2D eigenvalue weighted by atomic mass is 19.4. The first-order chi connectivity index (χ1) is 35.5. The number of piperidine rings is 1. The molecule has 5 aliphatic heterocycles. The van der Waals surface area contributed by atoms with Crippen LogP contribution < -0.4 is 15.6 Å². The number of aromatic nitrogens is 2. The van der Waals surface area contributed by atoms with Crippen LogP contribution in [0.5, 0.6) is 0 Å². The number of halogens is 3. The van der Waals surface area contributed by atoms with Crippen LogP contribution >= 0.6 is 0 Å². The smallest absolute Gasteiger partial charge is 0.406 e. The summed E-state index contributed by atoms with van der Waals surface area (Å²) < 4.78 is 70.0. The van der Waals surface area contributed by atoms with Gasteiger partial charge in [0.1, 0.15) is 30.9 Å². The number of carbonyl (C=O) groups excluding carboxylic acids is 5. The summed E-state index contributed by atoms with van der Waals surface area (Å²) in [5.41, 5.74) is 4.65. The number of esters is 1. The molecule has 2 aromatic heterocycles. The van der Waals surface area contributed by atoms with Crippen LogP contribution in [0.15, 0.2) is 49.2 Å². The lowest BCUT2D eigenvalue weighted by Crippen LogP contribution is -2.63. The maximum atomic E-state index is 14.8. The van der Waals surface area contributed by atoms with Crippen LogP contribution in [-0.2, 0) is 51.1 Å². The highest BCUT2D eigenvalue weighted by Gasteiger charge is 2.53. The topological polar surface area (TPSA) is 180 Å². The number of urea groups is 1. The molecule has 1 spiro atoms. The average molecular weight is 1050 g/mol. The number of rotatable bonds is 9. The van der Waals surface area contributed by atoms with Crippen molar-refractivity contribution in [3.8, 4) is 11.3 Å². The minimum atomic E-state index is -4.59. The molecule has 6 bridgehead atoms. The average Bonchev–Trinajstić information content (AvgIpc) is 3.79. The SMILES string of the molecule is C=CC(=O)N1[C@H](C)OC2(CCN(C(=O)N(C)[C@H](C(=O)N[C@H]3C[C@H]4CN(CCO4)c4ccc5c(c4)c(c(-c4cccnc4[C@H](C)OC)n5CC(F)(F)F)CC(C)(C)COC(=O)[C@@H]4CCCN(N4)C3=O)C(C)C)CC2)[C@H]1C. The van der Waals surface area contributed by atoms with Gasteiger partial charge in [-0.1, -0.05) is 34.3 Å². The molecule has 2 N–H and O–H groups in total. The van der Waals surface area contributed by atoms with Gasteiger partial charge in [0.05, 0.1) is 48.5 Å². The third kappa shape index (κ3) is 11.5. The molecule has 1 aromatic carbocycles. The standard InChI is InChI=1S/C54H74F3N9O9/c1-11-44(67)66-34(5)53(75-35(66)6)18-22-62(23-19-53)51(71)61(9)46(32(2)3)48(68)59-42-27-37-29-63(24-25-73-37)36-16-17-43-39(26-36)40(28-52(7,8)31-74-50(70)41-15-13-21-65(60-41)49(42)69)47(64(43)30-54(55,56)57)38-14-12-20-58-45(38)33(4)72-10/h11-12,14,16-17,20,26,32-35,37,41-42,46,60H,1,13,15,18-19,21-25,27-31H2,2-10H3,(H,59,68)/t33-,34+,35-,37-,41-,42-,46-/m0/s1. The van der Waals surface area contributed by atoms with E-state index in [-0.39, 0.29) is 63.0 Å². The normalized spacial score (nSPS) is 25.2. The number of hydrazine groups is 1. The van der Waals surface area contributed by atoms with Crippen molar-refractivity contribution in [1.29, 1.82) is 0 Å². The molecule has 3 aromatic rings. The van der Waals surface area contributed by atoms with E-state index in [0.717, 1.165) is 5.69 Å². The molecule has 7 atom stereocenters. The zero-order chi connectivity index (χ0) is 54.3. The Hall–Kier alpha value is -5.77. The van der Waals surface area contributed by atoms with E-state index in [1.54, 1.807) is 54.2 Å². The summed E-state index contributed by atoms with van der Waals surface area (Å²) >= 11 is 0. The minimum Gasteiger partial charge on any atom is -0.464 e. The van der Waals surface area contributed by atoms with E-state index < -0.39 is 78.1 Å². The van der Waals surface area contributed by atoms with Crippen molar-refractivity contribution in [2.24, 2.45) is 11.3 Å². The number of nitrogens with zero attached hydrogens (tertiary/aromatic N) is 7. The van der Waals surface area contributed by atoms with E-state index in [0.29, 0.717) is 78.7 Å². The van der Waals surface area contributed by atoms with Gasteiger partial charge in [0.25, 0.3) is 5.91 Å². The first-order valence-corrected chi connectivity index (χ1v) is 26.2. The number of carbonyl (C=O) groups is 5. The van der Waals surface area contributed by atoms with Crippen LogP contribution in [0.25, 0.3) is 22.2 Å². The van der Waals surface area contributed by atoms with Crippen molar-refractivity contribution in [3.63, 3.8) is 0 Å². The molecule has 8 rings (SSSR count). The number of pyridine rings is 1. The lowest BCUT2D eigenvalue weighted by molar-refractivity contribution is -0.156. The van der Waals surface area contributed by atoms with Crippen molar-refractivity contribution in [1.82, 2.24) is 40.0 Å². The Balaban J connectivity index is 1.11. The number of likely N-dealkylation sites (N-methyl/N-ethyl adjacent to an activating group) is 1. The van der Waals surface area contributed by atoms with Crippen LogP contribution in [0.2, 0.25) is 0 Å². The first-order valence-electron chi connectivity index (χ1n) is 26.2. The fraction of sp³-hybridized carbons (Fsp3) is 0.630. The second kappa shape index (κ2) is 22.1. The van der Waals surface area contributed by atoms with Crippen LogP contribution in [0, 0.1) is 11.3 Å². The van der Waals surface area contributed by atoms with Gasteiger partial charge in [-0.15, -0.1) is 0 Å². The number of morpholine rings is 1. The number of ether oxygens (including phenoxy) is 4. The number of benzene rings is 1. The van der Waals surface area contributed by atoms with Gasteiger partial charge in [-0.05, 0) is 101 Å². The van der Waals surface area contributed by atoms with E-state index in [1.807, 2.05) is 47.6 Å². The maximum absolute atomic E-state index is 14.8. The predicted molar refractivity (Wildman–Crippen MR) is 274 cm³/mol. The molecule has 0 unspecified atom stereocenters. The highest BCUT2D eigenvalue weighted by Crippen LogP contribution is 2.44. The number of amides is 5. The lowest BCUT2D eigenvalue weighted by Gasteiger charge is -2.43. The number of alkyl halides is 3. The number of anilines is 1. The number of hydrogen-bond acceptors (Lipinski definition) is 12. The van der Waals surface area contributed by atoms with E-state index >= 15 is 0 Å². The quantitative estimate of drug-likeness (QED) is 0.179. The van der Waals surface area contributed by atoms with Gasteiger partial charge in [-0.25, -0.2) is 10.2 Å². The second-order valence-corrected chi connectivity index (χ2v) is 22.0. The summed E-state index contributed by atoms with van der Waals surface area (Å²) in [6.07, 6.45) is -1.38. The van der Waals surface area contributed by atoms with E-state index in [2.05, 4.69) is 27.2 Å². The number of nitrogens with one attached hydrogen (secondary N) is 2. The molecule has 0 saturated carbocycles. The largest absolute Gasteiger partial charge is 0.464 e. The van der Waals surface area contributed by atoms with Gasteiger partial charge < -0.3 is 48.4 Å². The van der Waals surface area contributed by atoms with Crippen molar-refractivity contribution in [2.75, 3.05) is 65.0 Å². The zero-order valence-electron chi connectivity index (χ0n) is 44.7. The number of methoxy groups -OCH3 is 1. The van der Waals surface area contributed by atoms with Gasteiger partial charge in [0.2, 0.25) is 11.8 Å². The molecular weight excluding hydrogens is 976 g/mol. The molecule has 5 aliphatic rings. The molecule has 75 heavy (non-hydrogen) atoms. The Morgan fingerprint density at radius 3 is 2.49 bits per heavy atom. The van der Waals surface area contributed by atoms with E-state index in [9.17, 15) is 37.1 Å². The monoisotopic (exact) mass is 1050 g/mol. The molecule has 0 aliphatic carbocycles. The van der Waals surface area contributed by atoms with Crippen molar-refractivity contribution >= 4 is 46.3 Å². The molecule has 21 heteroatoms. The Bertz CT molecular complexity index is 2630. The van der Waals surface area contributed by atoms with Gasteiger partial charge in [0.15, 0.2) is 0 Å². The van der Waals surface area contributed by atoms with Gasteiger partial charge in [-0.3, -0.25) is 29.2 Å². The fourth-order valence-electron chi connectivity index (χ4n) is 11.9. The molecule has 4 fully saturated rings. The van der Waals surface area contributed by atoms with Gasteiger partial charge in [0, 0.05) is 87.1 Å². The molecule has 5 amide bonds. The molecule has 4 saturated heterocycles. The third-order valence-electron chi connectivity index (χ3n) is 15.8. The Labute approximate surface area is 437 Å². The summed E-state index contributed by atoms with van der Waals surface area (Å²) in [5.74, 6) is -2.26. The number of cyclic esters (lactones) is 1. The second-order valence-electron chi connectivity index (χ2n) is 22.0. The van der Waals surface area contributed by atoms with Crippen molar-refractivity contribution in [3.05, 3.63) is 60.4 Å². The highest BCUT2D eigenvalue weighted by molar-refractivity contribution is 5.95. The van der Waals surface area contributed by atoms with Crippen LogP contribution in [0.3, 0.4) is 0 Å². The van der Waals surface area contributed by atoms with Crippen molar-refractivity contribution in [2.45, 2.75) is 148 Å². The Morgan fingerprint density at radius 1 is 1.08 bits per heavy atom. The van der Waals surface area contributed by atoms with Gasteiger partial charge in [-0.2, -0.15) is 13.2 Å². The number of hydrogen-bond donors (Lipinski definition) is 2. The summed E-state index contributed by atoms with van der Waals surface area (Å²) in [6, 6.07) is 5.14.